The van der Waals surface area contributed by atoms with Crippen molar-refractivity contribution in [3.05, 3.63) is 54.2 Å². The Kier molecular flexibility index (Phi) is 7.43. The van der Waals surface area contributed by atoms with E-state index in [9.17, 15) is 22.4 Å². The van der Waals surface area contributed by atoms with Crippen molar-refractivity contribution in [1.29, 1.82) is 0 Å². The minimum absolute atomic E-state index is 0.0352. The van der Waals surface area contributed by atoms with Gasteiger partial charge in [-0.2, -0.15) is 18.2 Å². The average Bonchev–Trinajstić information content (AvgIpc) is 3.30. The lowest BCUT2D eigenvalue weighted by molar-refractivity contribution is -0.139. The smallest absolute Gasteiger partial charge is 0.382 e. The summed E-state index contributed by atoms with van der Waals surface area (Å²) < 4.78 is 69.1. The highest BCUT2D eigenvalue weighted by Gasteiger charge is 2.44. The normalized spacial score (nSPS) is 20.1. The van der Waals surface area contributed by atoms with E-state index in [0.29, 0.717) is 41.7 Å². The number of halogens is 4. The highest BCUT2D eigenvalue weighted by Crippen LogP contribution is 2.44. The molecule has 0 bridgehead atoms. The molecular formula is C28H31F4N7O3. The molecule has 1 saturated carbocycles. The maximum absolute atomic E-state index is 14.5. The lowest BCUT2D eigenvalue weighted by Crippen LogP contribution is -2.45. The van der Waals surface area contributed by atoms with Gasteiger partial charge in [0.15, 0.2) is 0 Å². The van der Waals surface area contributed by atoms with Gasteiger partial charge in [0.05, 0.1) is 41.5 Å². The number of carbonyl (C=O) groups is 1. The molecule has 4 aromatic rings. The Morgan fingerprint density at radius 1 is 1.29 bits per heavy atom. The molecule has 0 radical (unpaired) electrons. The summed E-state index contributed by atoms with van der Waals surface area (Å²) in [5.74, 6) is -0.377. The topological polar surface area (TPSA) is 111 Å². The van der Waals surface area contributed by atoms with Crippen molar-refractivity contribution in [2.75, 3.05) is 32.1 Å². The van der Waals surface area contributed by atoms with E-state index in [0.717, 1.165) is 17.4 Å². The summed E-state index contributed by atoms with van der Waals surface area (Å²) in [6.07, 6.45) is 0.412. The second kappa shape index (κ2) is 11.1. The number of alkyl halides is 4. The van der Waals surface area contributed by atoms with Crippen LogP contribution >= 0.6 is 0 Å². The number of nitrogens with zero attached hydrogens (tertiary/aromatic N) is 4. The van der Waals surface area contributed by atoms with Gasteiger partial charge >= 0.3 is 6.18 Å². The number of hydrogen-bond donors (Lipinski definition) is 3. The number of amides is 1. The summed E-state index contributed by atoms with van der Waals surface area (Å²) in [7, 11) is 1.64. The number of rotatable bonds is 10. The van der Waals surface area contributed by atoms with Crippen LogP contribution in [0.3, 0.4) is 0 Å². The van der Waals surface area contributed by atoms with Crippen molar-refractivity contribution in [1.82, 2.24) is 29.9 Å². The lowest BCUT2D eigenvalue weighted by atomic mass is 10.0. The summed E-state index contributed by atoms with van der Waals surface area (Å²) in [6, 6.07) is 7.68. The number of anilines is 1. The molecule has 10 nitrogen and oxygen atoms in total. The van der Waals surface area contributed by atoms with Crippen molar-refractivity contribution < 1.29 is 31.6 Å². The highest BCUT2D eigenvalue weighted by atomic mass is 19.4. The first-order valence-electron chi connectivity index (χ1n) is 13.7. The van der Waals surface area contributed by atoms with Crippen LogP contribution in [0.1, 0.15) is 35.5 Å². The van der Waals surface area contributed by atoms with Gasteiger partial charge in [-0.05, 0) is 50.1 Å². The Hall–Kier alpha value is -3.91. The maximum Gasteiger partial charge on any atom is 0.406 e. The second-order valence-corrected chi connectivity index (χ2v) is 10.9. The predicted molar refractivity (Wildman–Crippen MR) is 146 cm³/mol. The predicted octanol–water partition coefficient (Wildman–Crippen LogP) is 4.23. The molecule has 1 saturated heterocycles. The number of hydrogen-bond acceptors (Lipinski definition) is 7. The van der Waals surface area contributed by atoms with Crippen molar-refractivity contribution in [3.63, 3.8) is 0 Å². The van der Waals surface area contributed by atoms with Crippen LogP contribution in [0.2, 0.25) is 0 Å². The molecule has 3 N–H and O–H groups in total. The Morgan fingerprint density at radius 2 is 2.12 bits per heavy atom. The van der Waals surface area contributed by atoms with Crippen LogP contribution in [-0.2, 0) is 23.4 Å². The average molecular weight is 590 g/mol. The molecule has 3 aromatic heterocycles. The zero-order chi connectivity index (χ0) is 29.5. The molecule has 2 aliphatic rings. The Balaban J connectivity index is 1.22. The molecule has 6 rings (SSSR count). The fourth-order valence-corrected chi connectivity index (χ4v) is 5.53. The molecule has 1 amide bonds. The number of piperidine rings is 1. The number of nitrogens with one attached hydrogen (secondary N) is 3. The summed E-state index contributed by atoms with van der Waals surface area (Å²) >= 11 is 0. The summed E-state index contributed by atoms with van der Waals surface area (Å²) in [5, 5.41) is 13.3. The van der Waals surface area contributed by atoms with E-state index < -0.39 is 24.9 Å². The fourth-order valence-electron chi connectivity index (χ4n) is 5.53. The van der Waals surface area contributed by atoms with Crippen molar-refractivity contribution in [2.45, 2.75) is 56.3 Å². The van der Waals surface area contributed by atoms with E-state index in [1.165, 1.54) is 0 Å². The van der Waals surface area contributed by atoms with Gasteiger partial charge in [0, 0.05) is 37.1 Å². The number of benzene rings is 1. The van der Waals surface area contributed by atoms with Gasteiger partial charge in [-0.15, -0.1) is 0 Å². The molecule has 1 aliphatic carbocycles. The molecule has 4 heterocycles. The molecule has 224 valence electrons. The first-order valence-corrected chi connectivity index (χ1v) is 13.7. The highest BCUT2D eigenvalue weighted by molar-refractivity contribution is 5.96. The standard InChI is InChI=1S/C28H31F4N7O3/c1-41-16-27(7-8-27)38-10-6-17(14-38)26(40)34-13-24-36-25(37-42-24)23-11-18-20(35-21-5-9-33-12-19(21)29)3-2-4-22(18)39(23)15-28(30,31)32/h2-4,6,10-11,14,19,21,33,35H,5,7-9,12-13,15-16H2,1H3,(H,34,40)/t19-,21+/m1/s1. The molecule has 1 aliphatic heterocycles. The van der Waals surface area contributed by atoms with Crippen LogP contribution in [0, 0.1) is 0 Å². The van der Waals surface area contributed by atoms with Gasteiger partial charge in [-0.1, -0.05) is 11.2 Å². The van der Waals surface area contributed by atoms with Crippen molar-refractivity contribution in [2.24, 2.45) is 0 Å². The monoisotopic (exact) mass is 589 g/mol. The summed E-state index contributed by atoms with van der Waals surface area (Å²) in [5.41, 5.74) is 1.24. The largest absolute Gasteiger partial charge is 0.406 e. The zero-order valence-corrected chi connectivity index (χ0v) is 22.9. The van der Waals surface area contributed by atoms with Gasteiger partial charge < -0.3 is 34.3 Å². The van der Waals surface area contributed by atoms with E-state index in [-0.39, 0.29) is 41.9 Å². The molecule has 2 atom stereocenters. The van der Waals surface area contributed by atoms with Crippen LogP contribution in [0.25, 0.3) is 22.4 Å². The van der Waals surface area contributed by atoms with Crippen LogP contribution in [0.5, 0.6) is 0 Å². The zero-order valence-electron chi connectivity index (χ0n) is 22.9. The van der Waals surface area contributed by atoms with Gasteiger partial charge in [-0.25, -0.2) is 4.39 Å². The van der Waals surface area contributed by atoms with E-state index in [2.05, 4.69) is 26.1 Å². The molecule has 2 fully saturated rings. The van der Waals surface area contributed by atoms with E-state index >= 15 is 0 Å². The Bertz CT molecular complexity index is 1570. The minimum Gasteiger partial charge on any atom is -0.382 e. The van der Waals surface area contributed by atoms with Gasteiger partial charge in [0.25, 0.3) is 5.91 Å². The van der Waals surface area contributed by atoms with Gasteiger partial charge in [-0.3, -0.25) is 4.79 Å². The maximum atomic E-state index is 14.5. The van der Waals surface area contributed by atoms with Gasteiger partial charge in [0.1, 0.15) is 12.7 Å². The number of fused-ring (bicyclic) bond motifs is 1. The van der Waals surface area contributed by atoms with Crippen molar-refractivity contribution in [3.8, 4) is 11.5 Å². The van der Waals surface area contributed by atoms with Crippen LogP contribution < -0.4 is 16.0 Å². The number of aromatic nitrogens is 4. The van der Waals surface area contributed by atoms with Gasteiger partial charge in [0.2, 0.25) is 11.7 Å². The van der Waals surface area contributed by atoms with Crippen LogP contribution in [-0.4, -0.2) is 70.4 Å². The summed E-state index contributed by atoms with van der Waals surface area (Å²) in [6.45, 7) is 0.00873. The SMILES string of the molecule is COCC1(n2ccc(C(=O)NCc3nc(-c4cc5c(N[C@H]6CCNC[C@H]6F)cccc5n4CC(F)(F)F)no3)c2)CC1. The number of carbonyl (C=O) groups excluding carboxylic acids is 1. The van der Waals surface area contributed by atoms with Crippen LogP contribution in [0.15, 0.2) is 47.2 Å². The molecule has 42 heavy (non-hydrogen) atoms. The third-order valence-electron chi connectivity index (χ3n) is 7.87. The first kappa shape index (κ1) is 28.2. The van der Waals surface area contributed by atoms with Crippen molar-refractivity contribution >= 4 is 22.5 Å². The Labute approximate surface area is 238 Å². The molecular weight excluding hydrogens is 558 g/mol. The van der Waals surface area contributed by atoms with Crippen LogP contribution in [0.4, 0.5) is 23.2 Å². The third kappa shape index (κ3) is 5.73. The van der Waals surface area contributed by atoms with E-state index in [1.54, 1.807) is 43.6 Å². The quantitative estimate of drug-likeness (QED) is 0.238. The lowest BCUT2D eigenvalue weighted by Gasteiger charge is -2.28. The van der Waals surface area contributed by atoms with E-state index in [1.807, 2.05) is 10.8 Å². The number of ether oxygens (including phenoxy) is 1. The van der Waals surface area contributed by atoms with E-state index in [4.69, 9.17) is 9.26 Å². The number of methoxy groups -OCH3 is 1. The second-order valence-electron chi connectivity index (χ2n) is 10.9. The molecule has 1 aromatic carbocycles. The molecule has 14 heteroatoms. The fraction of sp³-hybridized carbons (Fsp3) is 0.464. The first-order chi connectivity index (χ1) is 20.2. The Morgan fingerprint density at radius 3 is 2.86 bits per heavy atom. The third-order valence-corrected chi connectivity index (χ3v) is 7.87. The molecule has 0 unspecified atom stereocenters. The summed E-state index contributed by atoms with van der Waals surface area (Å²) in [4.78, 5) is 17.0. The minimum atomic E-state index is -4.53. The molecule has 0 spiro atoms.